The van der Waals surface area contributed by atoms with Crippen molar-refractivity contribution in [1.82, 2.24) is 10.2 Å². The Hall–Kier alpha value is -0.610. The molecule has 1 atom stereocenters. The van der Waals surface area contributed by atoms with Crippen molar-refractivity contribution in [1.29, 1.82) is 0 Å². The Labute approximate surface area is 110 Å². The fourth-order valence-corrected chi connectivity index (χ4v) is 3.47. The Morgan fingerprint density at radius 3 is 2.44 bits per heavy atom. The number of nitrogens with zero attached hydrogens (tertiary/aromatic N) is 1. The first-order chi connectivity index (χ1) is 8.55. The van der Waals surface area contributed by atoms with Crippen LogP contribution in [0.3, 0.4) is 0 Å². The number of likely N-dealkylation sites (tertiary alicyclic amines) is 1. The smallest absolute Gasteiger partial charge is 0.243 e. The zero-order chi connectivity index (χ0) is 13.2. The van der Waals surface area contributed by atoms with E-state index in [4.69, 9.17) is 0 Å². The number of rotatable bonds is 5. The van der Waals surface area contributed by atoms with Crippen LogP contribution in [0.1, 0.15) is 52.4 Å². The van der Waals surface area contributed by atoms with Crippen LogP contribution in [0.2, 0.25) is 0 Å². The Balaban J connectivity index is 1.95. The highest BCUT2D eigenvalue weighted by Gasteiger charge is 2.50. The monoisotopic (exact) mass is 254 g/mol. The Bertz CT molecular complexity index is 305. The summed E-state index contributed by atoms with van der Waals surface area (Å²) in [5, 5.41) is 13.6. The molecule has 1 amide bonds. The summed E-state index contributed by atoms with van der Waals surface area (Å²) in [7, 11) is 0. The lowest BCUT2D eigenvalue weighted by atomic mass is 9.84. The minimum absolute atomic E-state index is 0.211. The predicted octanol–water partition coefficient (Wildman–Crippen LogP) is 1.28. The van der Waals surface area contributed by atoms with Gasteiger partial charge in [-0.2, -0.15) is 0 Å². The van der Waals surface area contributed by atoms with Gasteiger partial charge in [0.1, 0.15) is 0 Å². The molecule has 0 aliphatic carbocycles. The third kappa shape index (κ3) is 2.41. The van der Waals surface area contributed by atoms with E-state index < -0.39 is 5.60 Å². The van der Waals surface area contributed by atoms with Crippen LogP contribution in [-0.4, -0.2) is 46.7 Å². The molecular formula is C14H26N2O2. The molecule has 2 aliphatic rings. The molecule has 2 N–H and O–H groups in total. The van der Waals surface area contributed by atoms with Crippen molar-refractivity contribution >= 4 is 5.91 Å². The van der Waals surface area contributed by atoms with E-state index >= 15 is 0 Å². The Morgan fingerprint density at radius 1 is 1.28 bits per heavy atom. The van der Waals surface area contributed by atoms with Crippen LogP contribution >= 0.6 is 0 Å². The first-order valence-corrected chi connectivity index (χ1v) is 7.32. The predicted molar refractivity (Wildman–Crippen MR) is 71.3 cm³/mol. The summed E-state index contributed by atoms with van der Waals surface area (Å²) in [5.74, 6) is 0.211. The lowest BCUT2D eigenvalue weighted by Crippen LogP contribution is -2.68. The normalized spacial score (nSPS) is 30.3. The average molecular weight is 254 g/mol. The van der Waals surface area contributed by atoms with Gasteiger partial charge >= 0.3 is 0 Å². The van der Waals surface area contributed by atoms with E-state index in [1.165, 1.54) is 0 Å². The molecule has 2 rings (SSSR count). The molecule has 0 saturated carbocycles. The second kappa shape index (κ2) is 5.17. The molecule has 0 spiro atoms. The van der Waals surface area contributed by atoms with E-state index in [0.29, 0.717) is 13.1 Å². The molecule has 2 fully saturated rings. The van der Waals surface area contributed by atoms with E-state index in [1.54, 1.807) is 0 Å². The van der Waals surface area contributed by atoms with E-state index in [-0.39, 0.29) is 11.4 Å². The number of nitrogens with one attached hydrogen (secondary N) is 1. The quantitative estimate of drug-likeness (QED) is 0.777. The number of hydrogen-bond acceptors (Lipinski definition) is 3. The highest BCUT2D eigenvalue weighted by Crippen LogP contribution is 2.33. The summed E-state index contributed by atoms with van der Waals surface area (Å²) in [6.07, 6.45) is 5.73. The van der Waals surface area contributed by atoms with Gasteiger partial charge in [-0.15, -0.1) is 0 Å². The summed E-state index contributed by atoms with van der Waals surface area (Å²) in [5.41, 5.74) is -0.946. The van der Waals surface area contributed by atoms with Gasteiger partial charge in [0, 0.05) is 0 Å². The molecule has 0 radical (unpaired) electrons. The third-order valence-corrected chi connectivity index (χ3v) is 4.30. The molecule has 2 heterocycles. The maximum atomic E-state index is 12.6. The van der Waals surface area contributed by atoms with Crippen LogP contribution in [0.25, 0.3) is 0 Å². The van der Waals surface area contributed by atoms with Crippen molar-refractivity contribution in [3.8, 4) is 0 Å². The summed E-state index contributed by atoms with van der Waals surface area (Å²) in [4.78, 5) is 14.4. The van der Waals surface area contributed by atoms with Gasteiger partial charge in [-0.25, -0.2) is 0 Å². The van der Waals surface area contributed by atoms with E-state index in [0.717, 1.165) is 45.1 Å². The molecule has 18 heavy (non-hydrogen) atoms. The van der Waals surface area contributed by atoms with Gasteiger partial charge in [0.15, 0.2) is 0 Å². The Morgan fingerprint density at radius 2 is 1.94 bits per heavy atom. The largest absolute Gasteiger partial charge is 0.386 e. The minimum Gasteiger partial charge on any atom is -0.386 e. The van der Waals surface area contributed by atoms with Gasteiger partial charge in [-0.05, 0) is 32.2 Å². The molecule has 2 aliphatic heterocycles. The first kappa shape index (κ1) is 13.8. The third-order valence-electron chi connectivity index (χ3n) is 4.30. The molecule has 4 nitrogen and oxygen atoms in total. The highest BCUT2D eigenvalue weighted by atomic mass is 16.3. The number of amides is 1. The number of carbonyl (C=O) groups is 1. The number of hydrogen-bond donors (Lipinski definition) is 2. The number of carbonyl (C=O) groups excluding carboxylic acids is 1. The zero-order valence-electron chi connectivity index (χ0n) is 11.7. The second-order valence-electron chi connectivity index (χ2n) is 6.00. The lowest BCUT2D eigenvalue weighted by molar-refractivity contribution is -0.163. The van der Waals surface area contributed by atoms with E-state index in [1.807, 2.05) is 4.90 Å². The number of aliphatic hydroxyl groups is 1. The maximum Gasteiger partial charge on any atom is 0.243 e. The zero-order valence-corrected chi connectivity index (χ0v) is 11.7. The minimum atomic E-state index is -0.615. The van der Waals surface area contributed by atoms with Crippen molar-refractivity contribution in [2.24, 2.45) is 0 Å². The van der Waals surface area contributed by atoms with Crippen molar-refractivity contribution in [2.45, 2.75) is 63.5 Å². The van der Waals surface area contributed by atoms with Gasteiger partial charge in [0.2, 0.25) is 5.91 Å². The van der Waals surface area contributed by atoms with Crippen LogP contribution in [0.4, 0.5) is 0 Å². The lowest BCUT2D eigenvalue weighted by Gasteiger charge is -2.49. The summed E-state index contributed by atoms with van der Waals surface area (Å²) >= 11 is 0. The maximum absolute atomic E-state index is 12.6. The molecule has 0 aromatic rings. The number of β-amino-alcohol motifs (C(OH)–C–C–N with tert-alkyl or cyclic N) is 1. The molecule has 0 aromatic heterocycles. The van der Waals surface area contributed by atoms with Gasteiger partial charge in [0.25, 0.3) is 0 Å². The highest BCUT2D eigenvalue weighted by molar-refractivity contribution is 5.87. The molecule has 104 valence electrons. The molecule has 0 bridgehead atoms. The van der Waals surface area contributed by atoms with Crippen LogP contribution in [0.5, 0.6) is 0 Å². The molecule has 0 aromatic carbocycles. The van der Waals surface area contributed by atoms with Gasteiger partial charge in [-0.3, -0.25) is 4.79 Å². The van der Waals surface area contributed by atoms with Gasteiger partial charge in [-0.1, -0.05) is 26.7 Å². The average Bonchev–Trinajstić information content (AvgIpc) is 2.75. The summed E-state index contributed by atoms with van der Waals surface area (Å²) in [6.45, 7) is 6.18. The fourth-order valence-electron chi connectivity index (χ4n) is 3.47. The Kier molecular flexibility index (Phi) is 3.97. The topological polar surface area (TPSA) is 52.6 Å². The van der Waals surface area contributed by atoms with Crippen molar-refractivity contribution in [3.05, 3.63) is 0 Å². The summed E-state index contributed by atoms with van der Waals surface area (Å²) < 4.78 is 0. The van der Waals surface area contributed by atoms with Crippen molar-refractivity contribution < 1.29 is 9.90 Å². The molecular weight excluding hydrogens is 228 g/mol. The summed E-state index contributed by atoms with van der Waals surface area (Å²) in [6, 6.07) is 0. The second-order valence-corrected chi connectivity index (χ2v) is 6.00. The standard InChI is InChI=1S/C14H26N2O2/c1-3-6-13(18)10-16(11-13)12(17)14(7-4-2)8-5-9-15-14/h15,18H,3-11H2,1-2H3. The van der Waals surface area contributed by atoms with Gasteiger partial charge < -0.3 is 15.3 Å². The van der Waals surface area contributed by atoms with Crippen LogP contribution < -0.4 is 5.32 Å². The van der Waals surface area contributed by atoms with E-state index in [9.17, 15) is 9.90 Å². The molecule has 4 heteroatoms. The fraction of sp³-hybridized carbons (Fsp3) is 0.929. The van der Waals surface area contributed by atoms with Crippen LogP contribution in [0.15, 0.2) is 0 Å². The molecule has 2 saturated heterocycles. The van der Waals surface area contributed by atoms with Crippen LogP contribution in [0, 0.1) is 0 Å². The van der Waals surface area contributed by atoms with Crippen LogP contribution in [-0.2, 0) is 4.79 Å². The van der Waals surface area contributed by atoms with Crippen molar-refractivity contribution in [2.75, 3.05) is 19.6 Å². The van der Waals surface area contributed by atoms with E-state index in [2.05, 4.69) is 19.2 Å². The van der Waals surface area contributed by atoms with Gasteiger partial charge in [0.05, 0.1) is 24.2 Å². The first-order valence-electron chi connectivity index (χ1n) is 7.32. The van der Waals surface area contributed by atoms with Crippen molar-refractivity contribution in [3.63, 3.8) is 0 Å². The SMILES string of the molecule is CCCC1(O)CN(C(=O)C2(CCC)CCCN2)C1. The molecule has 1 unspecified atom stereocenters.